The molecule has 0 radical (unpaired) electrons. The predicted molar refractivity (Wildman–Crippen MR) is 77.9 cm³/mol. The van der Waals surface area contributed by atoms with Crippen molar-refractivity contribution in [1.82, 2.24) is 4.90 Å². The Labute approximate surface area is 112 Å². The number of hydrogen-bond acceptors (Lipinski definition) is 2. The first-order valence-electron chi connectivity index (χ1n) is 5.88. The molecule has 2 atom stereocenters. The second-order valence-corrected chi connectivity index (χ2v) is 5.84. The predicted octanol–water partition coefficient (Wildman–Crippen LogP) is 3.19. The van der Waals surface area contributed by atoms with E-state index in [1.165, 1.54) is 28.6 Å². The maximum Gasteiger partial charge on any atom is 0.0478 e. The molecule has 1 aromatic rings. The van der Waals surface area contributed by atoms with Gasteiger partial charge in [0.05, 0.1) is 0 Å². The minimum absolute atomic E-state index is 0.627. The number of likely N-dealkylation sites (tertiary alicyclic amines) is 1. The quantitative estimate of drug-likeness (QED) is 0.838. The summed E-state index contributed by atoms with van der Waals surface area (Å²) in [6.45, 7) is 3.51. The lowest BCUT2D eigenvalue weighted by atomic mass is 9.99. The van der Waals surface area contributed by atoms with Gasteiger partial charge in [-0.2, -0.15) is 0 Å². The third-order valence-corrected chi connectivity index (χ3v) is 4.38. The van der Waals surface area contributed by atoms with Gasteiger partial charge in [-0.05, 0) is 61.5 Å². The summed E-state index contributed by atoms with van der Waals surface area (Å²) in [5.41, 5.74) is 1.28. The fourth-order valence-corrected chi connectivity index (χ4v) is 2.76. The van der Waals surface area contributed by atoms with Crippen LogP contribution >= 0.6 is 22.6 Å². The van der Waals surface area contributed by atoms with Crippen LogP contribution in [0.5, 0.6) is 0 Å². The molecule has 0 spiro atoms. The van der Waals surface area contributed by atoms with E-state index >= 15 is 0 Å². The zero-order chi connectivity index (χ0) is 11.5. The Bertz CT molecular complexity index is 354. The van der Waals surface area contributed by atoms with Crippen molar-refractivity contribution in [2.24, 2.45) is 0 Å². The number of rotatable bonds is 2. The maximum absolute atomic E-state index is 3.67. The van der Waals surface area contributed by atoms with Gasteiger partial charge in [-0.25, -0.2) is 0 Å². The van der Waals surface area contributed by atoms with Crippen LogP contribution in [0.4, 0.5) is 5.69 Å². The van der Waals surface area contributed by atoms with Crippen LogP contribution < -0.4 is 5.32 Å². The van der Waals surface area contributed by atoms with Gasteiger partial charge in [-0.15, -0.1) is 0 Å². The van der Waals surface area contributed by atoms with Gasteiger partial charge in [0, 0.05) is 27.9 Å². The second-order valence-electron chi connectivity index (χ2n) is 4.68. The van der Waals surface area contributed by atoms with Crippen molar-refractivity contribution in [3.05, 3.63) is 27.8 Å². The van der Waals surface area contributed by atoms with E-state index < -0.39 is 0 Å². The Hall–Kier alpha value is -0.290. The number of benzene rings is 1. The Morgan fingerprint density at radius 3 is 2.81 bits per heavy atom. The summed E-state index contributed by atoms with van der Waals surface area (Å²) < 4.78 is 1.31. The van der Waals surface area contributed by atoms with E-state index in [4.69, 9.17) is 0 Å². The van der Waals surface area contributed by atoms with Crippen molar-refractivity contribution >= 4 is 28.3 Å². The largest absolute Gasteiger partial charge is 0.381 e. The molecular weight excluding hydrogens is 311 g/mol. The molecule has 1 fully saturated rings. The van der Waals surface area contributed by atoms with E-state index in [1.807, 2.05) is 0 Å². The van der Waals surface area contributed by atoms with Crippen molar-refractivity contribution in [2.75, 3.05) is 18.9 Å². The van der Waals surface area contributed by atoms with Gasteiger partial charge >= 0.3 is 0 Å². The summed E-state index contributed by atoms with van der Waals surface area (Å²) in [5, 5.41) is 3.67. The lowest BCUT2D eigenvalue weighted by molar-refractivity contribution is 0.190. The van der Waals surface area contributed by atoms with Crippen LogP contribution in [0.3, 0.4) is 0 Å². The Kier molecular flexibility index (Phi) is 4.08. The summed E-state index contributed by atoms with van der Waals surface area (Å²) in [6.07, 6.45) is 2.48. The highest BCUT2D eigenvalue weighted by atomic mass is 127. The summed E-state index contributed by atoms with van der Waals surface area (Å²) >= 11 is 2.39. The Morgan fingerprint density at radius 1 is 1.38 bits per heavy atom. The van der Waals surface area contributed by atoms with E-state index in [2.05, 4.69) is 71.0 Å². The first-order valence-corrected chi connectivity index (χ1v) is 6.96. The molecule has 2 unspecified atom stereocenters. The van der Waals surface area contributed by atoms with E-state index in [0.29, 0.717) is 12.1 Å². The summed E-state index contributed by atoms with van der Waals surface area (Å²) in [7, 11) is 2.22. The molecule has 1 N–H and O–H groups in total. The van der Waals surface area contributed by atoms with Crippen LogP contribution in [0.15, 0.2) is 24.3 Å². The maximum atomic E-state index is 3.67. The highest BCUT2D eigenvalue weighted by Crippen LogP contribution is 2.23. The zero-order valence-corrected chi connectivity index (χ0v) is 12.1. The van der Waals surface area contributed by atoms with Gasteiger partial charge in [0.1, 0.15) is 0 Å². The van der Waals surface area contributed by atoms with Gasteiger partial charge in [0.25, 0.3) is 0 Å². The topological polar surface area (TPSA) is 15.3 Å². The first-order chi connectivity index (χ1) is 7.66. The zero-order valence-electron chi connectivity index (χ0n) is 9.91. The van der Waals surface area contributed by atoms with Crippen LogP contribution in [0.1, 0.15) is 19.8 Å². The number of anilines is 1. The van der Waals surface area contributed by atoms with Gasteiger partial charge in [-0.1, -0.05) is 12.1 Å². The lowest BCUT2D eigenvalue weighted by Gasteiger charge is -2.35. The van der Waals surface area contributed by atoms with E-state index in [9.17, 15) is 0 Å². The van der Waals surface area contributed by atoms with Crippen LogP contribution in [-0.4, -0.2) is 30.6 Å². The lowest BCUT2D eigenvalue weighted by Crippen LogP contribution is -2.42. The van der Waals surface area contributed by atoms with Crippen molar-refractivity contribution in [1.29, 1.82) is 0 Å². The molecule has 2 rings (SSSR count). The number of nitrogens with one attached hydrogen (secondary N) is 1. The molecule has 0 saturated carbocycles. The molecule has 0 aromatic heterocycles. The SMILES string of the molecule is CC1CC(Nc2ccccc2I)CCN1C. The highest BCUT2D eigenvalue weighted by molar-refractivity contribution is 14.1. The summed E-state index contributed by atoms with van der Waals surface area (Å²) in [4.78, 5) is 2.44. The van der Waals surface area contributed by atoms with Gasteiger partial charge in [0.2, 0.25) is 0 Å². The van der Waals surface area contributed by atoms with Crippen LogP contribution in [0.2, 0.25) is 0 Å². The summed E-state index contributed by atoms with van der Waals surface area (Å²) in [5.74, 6) is 0. The van der Waals surface area contributed by atoms with E-state index in [1.54, 1.807) is 0 Å². The molecular formula is C13H19IN2. The Balaban J connectivity index is 1.98. The number of nitrogens with zero attached hydrogens (tertiary/aromatic N) is 1. The van der Waals surface area contributed by atoms with E-state index in [-0.39, 0.29) is 0 Å². The molecule has 0 bridgehead atoms. The Morgan fingerprint density at radius 2 is 2.12 bits per heavy atom. The second kappa shape index (κ2) is 5.36. The average molecular weight is 330 g/mol. The molecule has 0 amide bonds. The number of hydrogen-bond donors (Lipinski definition) is 1. The molecule has 1 aliphatic rings. The van der Waals surface area contributed by atoms with Crippen molar-refractivity contribution in [3.8, 4) is 0 Å². The van der Waals surface area contributed by atoms with Gasteiger partial charge in [-0.3, -0.25) is 0 Å². The molecule has 16 heavy (non-hydrogen) atoms. The molecule has 88 valence electrons. The van der Waals surface area contributed by atoms with E-state index in [0.717, 1.165) is 0 Å². The number of para-hydroxylation sites is 1. The summed E-state index contributed by atoms with van der Waals surface area (Å²) in [6, 6.07) is 9.83. The molecule has 2 nitrogen and oxygen atoms in total. The monoisotopic (exact) mass is 330 g/mol. The molecule has 1 saturated heterocycles. The van der Waals surface area contributed by atoms with Gasteiger partial charge in [0.15, 0.2) is 0 Å². The minimum atomic E-state index is 0.627. The third-order valence-electron chi connectivity index (χ3n) is 3.44. The third kappa shape index (κ3) is 2.88. The average Bonchev–Trinajstić information content (AvgIpc) is 2.27. The van der Waals surface area contributed by atoms with Crippen molar-refractivity contribution < 1.29 is 0 Å². The smallest absolute Gasteiger partial charge is 0.0478 e. The van der Waals surface area contributed by atoms with Crippen molar-refractivity contribution in [3.63, 3.8) is 0 Å². The fourth-order valence-electron chi connectivity index (χ4n) is 2.22. The minimum Gasteiger partial charge on any atom is -0.381 e. The number of halogens is 1. The molecule has 1 heterocycles. The van der Waals surface area contributed by atoms with Crippen LogP contribution in [-0.2, 0) is 0 Å². The number of piperidine rings is 1. The normalized spacial score (nSPS) is 26.7. The van der Waals surface area contributed by atoms with Crippen molar-refractivity contribution in [2.45, 2.75) is 31.8 Å². The standard InChI is InChI=1S/C13H19IN2/c1-10-9-11(7-8-16(10)2)15-13-6-4-3-5-12(13)14/h3-6,10-11,15H,7-9H2,1-2H3. The molecule has 3 heteroatoms. The highest BCUT2D eigenvalue weighted by Gasteiger charge is 2.22. The molecule has 0 aliphatic carbocycles. The van der Waals surface area contributed by atoms with Crippen LogP contribution in [0.25, 0.3) is 0 Å². The first kappa shape index (κ1) is 12.2. The molecule has 1 aliphatic heterocycles. The fraction of sp³-hybridized carbons (Fsp3) is 0.538. The van der Waals surface area contributed by atoms with Gasteiger partial charge < -0.3 is 10.2 Å². The molecule has 1 aromatic carbocycles. The van der Waals surface area contributed by atoms with Crippen LogP contribution in [0, 0.1) is 3.57 Å².